The fraction of sp³-hybridized carbons (Fsp3) is 0.409. The van der Waals surface area contributed by atoms with Crippen molar-refractivity contribution >= 4 is 21.6 Å². The molecule has 0 radical (unpaired) electrons. The van der Waals surface area contributed by atoms with E-state index in [1.165, 1.54) is 19.9 Å². The Morgan fingerprint density at radius 1 is 1.10 bits per heavy atom. The maximum absolute atomic E-state index is 14.8. The molecule has 2 aliphatic carbocycles. The summed E-state index contributed by atoms with van der Waals surface area (Å²) in [6.07, 6.45) is 4.09. The first-order valence-electron chi connectivity index (χ1n) is 10.2. The lowest BCUT2D eigenvalue weighted by molar-refractivity contribution is 0.0781. The highest BCUT2D eigenvalue weighted by Gasteiger charge is 2.30. The van der Waals surface area contributed by atoms with Gasteiger partial charge < -0.3 is 10.4 Å². The number of halogens is 2. The van der Waals surface area contributed by atoms with Crippen molar-refractivity contribution in [2.24, 2.45) is 9.50 Å². The molecule has 0 bridgehead atoms. The van der Waals surface area contributed by atoms with Gasteiger partial charge in [-0.2, -0.15) is 0 Å². The molecule has 4 N–H and O–H groups in total. The van der Waals surface area contributed by atoms with Crippen LogP contribution in [0.4, 0.5) is 19.3 Å². The second-order valence-electron chi connectivity index (χ2n) is 8.60. The zero-order chi connectivity index (χ0) is 22.6. The summed E-state index contributed by atoms with van der Waals surface area (Å²) in [5.74, 6) is -1.10. The first kappa shape index (κ1) is 21.9. The molecule has 0 aliphatic heterocycles. The standard InChI is InChI=1S/C22H25F2N3O3S/c1-22(2,29)12-9-10-18(17(23)11-12)31(25,30)27-21(28)26-20-15-7-3-5-13(15)19(24)14-6-4-8-16(14)20/h9-11,29H,3-8H2,1-2H3,(H3,25,26,27,28,30). The van der Waals surface area contributed by atoms with Gasteiger partial charge in [0.2, 0.25) is 0 Å². The van der Waals surface area contributed by atoms with Gasteiger partial charge in [-0.3, -0.25) is 0 Å². The van der Waals surface area contributed by atoms with E-state index in [0.29, 0.717) is 42.5 Å². The predicted octanol–water partition coefficient (Wildman–Crippen LogP) is 4.10. The second-order valence-corrected chi connectivity index (χ2v) is 10.4. The summed E-state index contributed by atoms with van der Waals surface area (Å²) in [7, 11) is -3.88. The Bertz CT molecular complexity index is 1180. The number of hydrogen-bond donors (Lipinski definition) is 3. The number of anilines is 1. The van der Waals surface area contributed by atoms with Gasteiger partial charge in [0.25, 0.3) is 0 Å². The van der Waals surface area contributed by atoms with E-state index in [9.17, 15) is 22.9 Å². The van der Waals surface area contributed by atoms with Gasteiger partial charge >= 0.3 is 6.03 Å². The van der Waals surface area contributed by atoms with Gasteiger partial charge in [0.05, 0.1) is 10.5 Å². The number of aliphatic hydroxyl groups is 1. The molecule has 2 aromatic rings. The number of carbonyl (C=O) groups excluding carboxylic acids is 1. The van der Waals surface area contributed by atoms with Gasteiger partial charge in [0.1, 0.15) is 21.5 Å². The van der Waals surface area contributed by atoms with Gasteiger partial charge in [-0.15, -0.1) is 4.36 Å². The first-order chi connectivity index (χ1) is 14.5. The molecule has 4 rings (SSSR count). The van der Waals surface area contributed by atoms with Crippen LogP contribution in [0.2, 0.25) is 0 Å². The molecular formula is C22H25F2N3O3S. The minimum absolute atomic E-state index is 0.175. The molecule has 6 nitrogen and oxygen atoms in total. The van der Waals surface area contributed by atoms with E-state index < -0.39 is 32.3 Å². The number of urea groups is 1. The molecule has 2 amide bonds. The number of benzene rings is 2. The topological polar surface area (TPSA) is 105 Å². The second kappa shape index (κ2) is 7.65. The van der Waals surface area contributed by atoms with Gasteiger partial charge in [0, 0.05) is 5.69 Å². The van der Waals surface area contributed by atoms with Crippen molar-refractivity contribution in [2.45, 2.75) is 62.9 Å². The average molecular weight is 450 g/mol. The minimum atomic E-state index is -3.88. The Balaban J connectivity index is 1.69. The number of hydrogen-bond acceptors (Lipinski definition) is 3. The van der Waals surface area contributed by atoms with Gasteiger partial charge in [-0.05, 0) is 92.3 Å². The van der Waals surface area contributed by atoms with Crippen molar-refractivity contribution in [1.82, 2.24) is 0 Å². The fourth-order valence-electron chi connectivity index (χ4n) is 4.46. The predicted molar refractivity (Wildman–Crippen MR) is 114 cm³/mol. The molecule has 0 saturated carbocycles. The number of carbonyl (C=O) groups is 1. The third-order valence-electron chi connectivity index (χ3n) is 5.97. The van der Waals surface area contributed by atoms with Crippen LogP contribution in [0.1, 0.15) is 54.5 Å². The summed E-state index contributed by atoms with van der Waals surface area (Å²) >= 11 is 0. The van der Waals surface area contributed by atoms with Crippen LogP contribution in [0.25, 0.3) is 0 Å². The lowest BCUT2D eigenvalue weighted by Gasteiger charge is -2.18. The van der Waals surface area contributed by atoms with E-state index in [1.54, 1.807) is 0 Å². The Morgan fingerprint density at radius 2 is 1.65 bits per heavy atom. The number of rotatable bonds is 3. The molecule has 2 aliphatic rings. The SMILES string of the molecule is CC(C)(O)c1ccc(S(N)(=O)=NC(=O)Nc2c3c(c(F)c4c2CCC4)CCC3)c(F)c1. The molecule has 166 valence electrons. The molecule has 0 fully saturated rings. The number of nitrogens with zero attached hydrogens (tertiary/aromatic N) is 1. The molecule has 0 aromatic heterocycles. The van der Waals surface area contributed by atoms with Crippen molar-refractivity contribution in [3.8, 4) is 0 Å². The van der Waals surface area contributed by atoms with E-state index in [1.807, 2.05) is 0 Å². The number of amides is 2. The third kappa shape index (κ3) is 3.97. The molecular weight excluding hydrogens is 424 g/mol. The van der Waals surface area contributed by atoms with Crippen molar-refractivity contribution < 1.29 is 22.9 Å². The van der Waals surface area contributed by atoms with Crippen LogP contribution in [0.15, 0.2) is 27.5 Å². The summed E-state index contributed by atoms with van der Waals surface area (Å²) in [6, 6.07) is 2.61. The Morgan fingerprint density at radius 3 is 2.16 bits per heavy atom. The number of fused-ring (bicyclic) bond motifs is 2. The van der Waals surface area contributed by atoms with Gasteiger partial charge in [0.15, 0.2) is 0 Å². The summed E-state index contributed by atoms with van der Waals surface area (Å²) in [5, 5.41) is 18.4. The van der Waals surface area contributed by atoms with Crippen molar-refractivity contribution in [3.05, 3.63) is 57.7 Å². The van der Waals surface area contributed by atoms with Gasteiger partial charge in [-0.25, -0.2) is 22.9 Å². The van der Waals surface area contributed by atoms with Crippen LogP contribution < -0.4 is 10.5 Å². The summed E-state index contributed by atoms with van der Waals surface area (Å²) in [5.41, 5.74) is 2.26. The van der Waals surface area contributed by atoms with Crippen LogP contribution in [-0.2, 0) is 41.2 Å². The van der Waals surface area contributed by atoms with Crippen LogP contribution in [0.5, 0.6) is 0 Å². The van der Waals surface area contributed by atoms with E-state index in [0.717, 1.165) is 36.1 Å². The van der Waals surface area contributed by atoms with Gasteiger partial charge in [-0.1, -0.05) is 6.07 Å². The van der Waals surface area contributed by atoms with Crippen LogP contribution in [0, 0.1) is 11.6 Å². The zero-order valence-corrected chi connectivity index (χ0v) is 18.2. The zero-order valence-electron chi connectivity index (χ0n) is 17.4. The van der Waals surface area contributed by atoms with E-state index in [2.05, 4.69) is 9.68 Å². The van der Waals surface area contributed by atoms with E-state index in [-0.39, 0.29) is 11.4 Å². The smallest absolute Gasteiger partial charge is 0.354 e. The molecule has 0 saturated heterocycles. The first-order valence-corrected chi connectivity index (χ1v) is 11.8. The number of nitrogens with two attached hydrogens (primary N) is 1. The molecule has 9 heteroatoms. The Hall–Kier alpha value is -2.36. The lowest BCUT2D eigenvalue weighted by atomic mass is 9.98. The maximum Gasteiger partial charge on any atom is 0.354 e. The molecule has 2 aromatic carbocycles. The van der Waals surface area contributed by atoms with Crippen molar-refractivity contribution in [1.29, 1.82) is 0 Å². The highest BCUT2D eigenvalue weighted by molar-refractivity contribution is 7.91. The monoisotopic (exact) mass is 449 g/mol. The largest absolute Gasteiger partial charge is 0.386 e. The maximum atomic E-state index is 14.8. The molecule has 1 atom stereocenters. The van der Waals surface area contributed by atoms with Crippen LogP contribution in [-0.4, -0.2) is 15.3 Å². The van der Waals surface area contributed by atoms with Crippen LogP contribution >= 0.6 is 0 Å². The Kier molecular flexibility index (Phi) is 5.39. The third-order valence-corrected chi connectivity index (χ3v) is 7.37. The van der Waals surface area contributed by atoms with Crippen LogP contribution in [0.3, 0.4) is 0 Å². The molecule has 0 spiro atoms. The molecule has 31 heavy (non-hydrogen) atoms. The van der Waals surface area contributed by atoms with E-state index in [4.69, 9.17) is 5.14 Å². The van der Waals surface area contributed by atoms with E-state index >= 15 is 0 Å². The number of nitrogens with one attached hydrogen (secondary N) is 1. The fourth-order valence-corrected chi connectivity index (χ4v) is 5.45. The highest BCUT2D eigenvalue weighted by Crippen LogP contribution is 2.41. The lowest BCUT2D eigenvalue weighted by Crippen LogP contribution is -2.21. The summed E-state index contributed by atoms with van der Waals surface area (Å²) in [4.78, 5) is 12.2. The highest BCUT2D eigenvalue weighted by atomic mass is 32.2. The quantitative estimate of drug-likeness (QED) is 0.657. The average Bonchev–Trinajstić information content (AvgIpc) is 3.33. The van der Waals surface area contributed by atoms with Crippen molar-refractivity contribution in [3.63, 3.8) is 0 Å². The normalized spacial score (nSPS) is 17.1. The molecule has 1 unspecified atom stereocenters. The van der Waals surface area contributed by atoms with Crippen molar-refractivity contribution in [2.75, 3.05) is 5.32 Å². The summed E-state index contributed by atoms with van der Waals surface area (Å²) < 4.78 is 45.8. The molecule has 0 heterocycles. The summed E-state index contributed by atoms with van der Waals surface area (Å²) in [6.45, 7) is 2.97. The minimum Gasteiger partial charge on any atom is -0.386 e. The Labute approximate surface area is 180 Å².